The predicted molar refractivity (Wildman–Crippen MR) is 106 cm³/mol. The maximum Gasteiger partial charge on any atom is 0.216 e. The van der Waals surface area contributed by atoms with Crippen LogP contribution in [0.25, 0.3) is 0 Å². The summed E-state index contributed by atoms with van der Waals surface area (Å²) in [7, 11) is 0. The predicted octanol–water partition coefficient (Wildman–Crippen LogP) is 4.56. The van der Waals surface area contributed by atoms with E-state index < -0.39 is 0 Å². The van der Waals surface area contributed by atoms with Crippen LogP contribution in [0.15, 0.2) is 58.4 Å². The van der Waals surface area contributed by atoms with Crippen LogP contribution in [0, 0.1) is 4.77 Å². The van der Waals surface area contributed by atoms with Gasteiger partial charge in [-0.25, -0.2) is 0 Å². The van der Waals surface area contributed by atoms with E-state index in [0.29, 0.717) is 29.5 Å². The number of aromatic nitrogens is 3. The minimum Gasteiger partial charge on any atom is -0.490 e. The van der Waals surface area contributed by atoms with Crippen molar-refractivity contribution in [2.24, 2.45) is 5.10 Å². The Balaban J connectivity index is 1.75. The topological polar surface area (TPSA) is 64.4 Å². The fourth-order valence-corrected chi connectivity index (χ4v) is 2.60. The van der Waals surface area contributed by atoms with Gasteiger partial charge >= 0.3 is 0 Å². The monoisotopic (exact) mass is 432 g/mol. The summed E-state index contributed by atoms with van der Waals surface area (Å²) in [5.41, 5.74) is 1.95. The summed E-state index contributed by atoms with van der Waals surface area (Å²) in [5.74, 6) is 1.36. The Morgan fingerprint density at radius 3 is 2.69 bits per heavy atom. The molecule has 0 bridgehead atoms. The van der Waals surface area contributed by atoms with Crippen molar-refractivity contribution in [3.63, 3.8) is 0 Å². The third kappa shape index (κ3) is 4.80. The number of hydrogen-bond acceptors (Lipinski definition) is 5. The molecule has 6 nitrogen and oxygen atoms in total. The maximum atomic E-state index is 5.92. The van der Waals surface area contributed by atoms with Gasteiger partial charge in [0.15, 0.2) is 11.5 Å². The molecule has 1 aromatic heterocycles. The molecule has 0 aliphatic carbocycles. The number of halogens is 1. The number of ether oxygens (including phenoxy) is 2. The average Bonchev–Trinajstić information content (AvgIpc) is 3.06. The highest BCUT2D eigenvalue weighted by Crippen LogP contribution is 2.29. The molecule has 1 heterocycles. The highest BCUT2D eigenvalue weighted by Gasteiger charge is 2.07. The van der Waals surface area contributed by atoms with E-state index in [1.165, 1.54) is 11.0 Å². The molecule has 3 aromatic rings. The van der Waals surface area contributed by atoms with Crippen LogP contribution in [-0.2, 0) is 6.61 Å². The lowest BCUT2D eigenvalue weighted by molar-refractivity contribution is 0.269. The summed E-state index contributed by atoms with van der Waals surface area (Å²) in [6.07, 6.45) is 3.20. The molecule has 8 heteroatoms. The second-order valence-electron chi connectivity index (χ2n) is 5.30. The van der Waals surface area contributed by atoms with Crippen molar-refractivity contribution in [2.75, 3.05) is 6.61 Å². The highest BCUT2D eigenvalue weighted by molar-refractivity contribution is 9.10. The van der Waals surface area contributed by atoms with Crippen LogP contribution in [0.1, 0.15) is 18.1 Å². The minimum absolute atomic E-state index is 0.431. The first-order chi connectivity index (χ1) is 12.7. The van der Waals surface area contributed by atoms with Crippen LogP contribution in [0.3, 0.4) is 0 Å². The van der Waals surface area contributed by atoms with Crippen molar-refractivity contribution in [1.29, 1.82) is 0 Å². The van der Waals surface area contributed by atoms with Crippen molar-refractivity contribution in [3.05, 3.63) is 69.2 Å². The molecular formula is C18H17BrN4O2S. The van der Waals surface area contributed by atoms with Gasteiger partial charge in [-0.2, -0.15) is 14.9 Å². The Morgan fingerprint density at radius 1 is 1.19 bits per heavy atom. The van der Waals surface area contributed by atoms with Crippen LogP contribution in [-0.4, -0.2) is 27.7 Å². The van der Waals surface area contributed by atoms with Gasteiger partial charge in [0.05, 0.1) is 12.8 Å². The maximum absolute atomic E-state index is 5.92. The van der Waals surface area contributed by atoms with Gasteiger partial charge in [-0.05, 0) is 60.6 Å². The Morgan fingerprint density at radius 2 is 2.00 bits per heavy atom. The van der Waals surface area contributed by atoms with Crippen molar-refractivity contribution in [1.82, 2.24) is 14.9 Å². The summed E-state index contributed by atoms with van der Waals surface area (Å²) in [5, 5.41) is 10.7. The molecule has 3 rings (SSSR count). The van der Waals surface area contributed by atoms with E-state index in [9.17, 15) is 0 Å². The van der Waals surface area contributed by atoms with Gasteiger partial charge in [0.1, 0.15) is 12.9 Å². The molecule has 0 amide bonds. The molecule has 0 saturated heterocycles. The largest absolute Gasteiger partial charge is 0.490 e. The minimum atomic E-state index is 0.431. The van der Waals surface area contributed by atoms with Gasteiger partial charge in [-0.3, -0.25) is 5.10 Å². The summed E-state index contributed by atoms with van der Waals surface area (Å²) < 4.78 is 14.6. The van der Waals surface area contributed by atoms with Crippen LogP contribution >= 0.6 is 28.1 Å². The number of benzene rings is 2. The van der Waals surface area contributed by atoms with E-state index in [1.807, 2.05) is 49.4 Å². The van der Waals surface area contributed by atoms with Crippen LogP contribution in [0.2, 0.25) is 0 Å². The van der Waals surface area contributed by atoms with Gasteiger partial charge in [0, 0.05) is 4.47 Å². The smallest absolute Gasteiger partial charge is 0.216 e. The lowest BCUT2D eigenvalue weighted by atomic mass is 10.2. The van der Waals surface area contributed by atoms with E-state index in [0.717, 1.165) is 15.6 Å². The van der Waals surface area contributed by atoms with E-state index >= 15 is 0 Å². The molecule has 0 radical (unpaired) electrons. The third-order valence-electron chi connectivity index (χ3n) is 3.44. The Kier molecular flexibility index (Phi) is 6.19. The summed E-state index contributed by atoms with van der Waals surface area (Å²) in [4.78, 5) is 0. The van der Waals surface area contributed by atoms with Crippen LogP contribution < -0.4 is 9.47 Å². The van der Waals surface area contributed by atoms with E-state index in [2.05, 4.69) is 31.2 Å². The normalized spacial score (nSPS) is 11.0. The lowest BCUT2D eigenvalue weighted by Gasteiger charge is -2.12. The molecule has 0 aliphatic heterocycles. The fourth-order valence-electron chi connectivity index (χ4n) is 2.19. The number of rotatable bonds is 7. The average molecular weight is 433 g/mol. The van der Waals surface area contributed by atoms with Crippen molar-refractivity contribution >= 4 is 34.4 Å². The molecule has 26 heavy (non-hydrogen) atoms. The molecule has 0 aliphatic rings. The zero-order valence-corrected chi connectivity index (χ0v) is 16.5. The van der Waals surface area contributed by atoms with Crippen molar-refractivity contribution in [2.45, 2.75) is 13.5 Å². The first-order valence-corrected chi connectivity index (χ1v) is 9.16. The van der Waals surface area contributed by atoms with Crippen LogP contribution in [0.5, 0.6) is 11.5 Å². The molecule has 134 valence electrons. The molecule has 0 atom stereocenters. The molecule has 0 saturated carbocycles. The van der Waals surface area contributed by atoms with Gasteiger partial charge in [0.25, 0.3) is 0 Å². The number of nitrogens with one attached hydrogen (secondary N) is 1. The van der Waals surface area contributed by atoms with Gasteiger partial charge in [-0.15, -0.1) is 0 Å². The molecule has 1 N–H and O–H groups in total. The first kappa shape index (κ1) is 18.3. The van der Waals surface area contributed by atoms with Crippen molar-refractivity contribution in [3.8, 4) is 11.5 Å². The molecule has 2 aromatic carbocycles. The molecule has 0 unspecified atom stereocenters. The lowest BCUT2D eigenvalue weighted by Crippen LogP contribution is -2.00. The Bertz CT molecular complexity index is 950. The zero-order valence-electron chi connectivity index (χ0n) is 14.1. The van der Waals surface area contributed by atoms with Crippen LogP contribution in [0.4, 0.5) is 0 Å². The second kappa shape index (κ2) is 8.77. The van der Waals surface area contributed by atoms with E-state index in [-0.39, 0.29) is 0 Å². The fraction of sp³-hybridized carbons (Fsp3) is 0.167. The molecular weight excluding hydrogens is 416 g/mol. The van der Waals surface area contributed by atoms with Gasteiger partial charge in [0.2, 0.25) is 4.77 Å². The number of H-pyrrole nitrogens is 1. The highest BCUT2D eigenvalue weighted by atomic mass is 79.9. The number of hydrogen-bond donors (Lipinski definition) is 1. The number of nitrogens with zero attached hydrogens (tertiary/aromatic N) is 3. The molecule has 0 fully saturated rings. The number of aromatic amines is 1. The van der Waals surface area contributed by atoms with Gasteiger partial charge < -0.3 is 9.47 Å². The van der Waals surface area contributed by atoms with E-state index in [4.69, 9.17) is 21.7 Å². The molecule has 0 spiro atoms. The third-order valence-corrected chi connectivity index (χ3v) is 4.25. The van der Waals surface area contributed by atoms with Gasteiger partial charge in [-0.1, -0.05) is 28.1 Å². The second-order valence-corrected chi connectivity index (χ2v) is 6.61. The summed E-state index contributed by atoms with van der Waals surface area (Å²) >= 11 is 8.49. The Labute approximate surface area is 164 Å². The summed E-state index contributed by atoms with van der Waals surface area (Å²) in [6, 6.07) is 13.7. The SMILES string of the molecule is CCOc1cc(C=Nn2cn[nH]c2=S)ccc1OCc1ccc(Br)cc1. The standard InChI is InChI=1S/C18H17BrN4O2S/c1-2-24-17-9-14(10-21-23-12-20-22-18(23)26)5-8-16(17)25-11-13-3-6-15(19)7-4-13/h3-10,12H,2,11H2,1H3,(H,22,26). The summed E-state index contributed by atoms with van der Waals surface area (Å²) in [6.45, 7) is 2.94. The quantitative estimate of drug-likeness (QED) is 0.438. The van der Waals surface area contributed by atoms with Crippen molar-refractivity contribution < 1.29 is 9.47 Å². The van der Waals surface area contributed by atoms with E-state index in [1.54, 1.807) is 6.21 Å². The Hall–Kier alpha value is -2.45. The first-order valence-electron chi connectivity index (χ1n) is 7.96. The zero-order chi connectivity index (χ0) is 18.4.